The lowest BCUT2D eigenvalue weighted by Crippen LogP contribution is -2.32. The SMILES string of the molecule is CCCCC(CC)C(N)Cc1cc(F)ccc1Br. The lowest BCUT2D eigenvalue weighted by molar-refractivity contribution is 0.368. The maximum absolute atomic E-state index is 13.2. The molecule has 18 heavy (non-hydrogen) atoms. The zero-order chi connectivity index (χ0) is 13.5. The average molecular weight is 316 g/mol. The summed E-state index contributed by atoms with van der Waals surface area (Å²) in [6, 6.07) is 4.91. The fraction of sp³-hybridized carbons (Fsp3) is 0.600. The van der Waals surface area contributed by atoms with E-state index in [4.69, 9.17) is 5.73 Å². The van der Waals surface area contributed by atoms with E-state index in [0.717, 1.165) is 22.9 Å². The maximum Gasteiger partial charge on any atom is 0.123 e. The van der Waals surface area contributed by atoms with Gasteiger partial charge in [0.05, 0.1) is 0 Å². The lowest BCUT2D eigenvalue weighted by atomic mass is 9.88. The molecule has 0 aliphatic carbocycles. The molecule has 0 aliphatic rings. The second-order valence-corrected chi connectivity index (χ2v) is 5.77. The van der Waals surface area contributed by atoms with Crippen molar-refractivity contribution in [2.24, 2.45) is 11.7 Å². The van der Waals surface area contributed by atoms with Crippen LogP contribution in [0.1, 0.15) is 45.1 Å². The van der Waals surface area contributed by atoms with Gasteiger partial charge in [-0.15, -0.1) is 0 Å². The minimum Gasteiger partial charge on any atom is -0.327 e. The highest BCUT2D eigenvalue weighted by Gasteiger charge is 2.17. The fourth-order valence-corrected chi connectivity index (χ4v) is 2.72. The molecular formula is C15H23BrFN. The molecule has 2 atom stereocenters. The highest BCUT2D eigenvalue weighted by atomic mass is 79.9. The summed E-state index contributed by atoms with van der Waals surface area (Å²) >= 11 is 3.46. The summed E-state index contributed by atoms with van der Waals surface area (Å²) in [4.78, 5) is 0. The standard InChI is InChI=1S/C15H23BrFN/c1-3-5-6-11(4-2)15(18)10-12-9-13(17)7-8-14(12)16/h7-9,11,15H,3-6,10,18H2,1-2H3. The Morgan fingerprint density at radius 2 is 2.06 bits per heavy atom. The van der Waals surface area contributed by atoms with Crippen molar-refractivity contribution in [2.75, 3.05) is 0 Å². The normalized spacial score (nSPS) is 14.5. The van der Waals surface area contributed by atoms with Crippen LogP contribution in [0.3, 0.4) is 0 Å². The van der Waals surface area contributed by atoms with Crippen LogP contribution in [0, 0.1) is 11.7 Å². The van der Waals surface area contributed by atoms with Gasteiger partial charge in [0.2, 0.25) is 0 Å². The molecule has 2 unspecified atom stereocenters. The largest absolute Gasteiger partial charge is 0.327 e. The first-order valence-corrected chi connectivity index (χ1v) is 7.57. The maximum atomic E-state index is 13.2. The topological polar surface area (TPSA) is 26.0 Å². The molecule has 1 aromatic carbocycles. The van der Waals surface area contributed by atoms with Crippen molar-refractivity contribution >= 4 is 15.9 Å². The molecule has 2 N–H and O–H groups in total. The van der Waals surface area contributed by atoms with Gasteiger partial charge in [0.1, 0.15) is 5.82 Å². The van der Waals surface area contributed by atoms with Crippen LogP contribution in [-0.4, -0.2) is 6.04 Å². The fourth-order valence-electron chi connectivity index (χ4n) is 2.31. The summed E-state index contributed by atoms with van der Waals surface area (Å²) in [6.07, 6.45) is 5.42. The summed E-state index contributed by atoms with van der Waals surface area (Å²) in [5, 5.41) is 0. The van der Waals surface area contributed by atoms with Crippen LogP contribution in [0.15, 0.2) is 22.7 Å². The van der Waals surface area contributed by atoms with Crippen molar-refractivity contribution in [3.8, 4) is 0 Å². The summed E-state index contributed by atoms with van der Waals surface area (Å²) in [5.41, 5.74) is 7.25. The van der Waals surface area contributed by atoms with Crippen molar-refractivity contribution in [1.29, 1.82) is 0 Å². The van der Waals surface area contributed by atoms with Crippen LogP contribution in [0.4, 0.5) is 4.39 Å². The zero-order valence-corrected chi connectivity index (χ0v) is 12.8. The van der Waals surface area contributed by atoms with Crippen molar-refractivity contribution in [3.05, 3.63) is 34.1 Å². The number of hydrogen-bond acceptors (Lipinski definition) is 1. The van der Waals surface area contributed by atoms with E-state index < -0.39 is 0 Å². The Labute approximate surface area is 118 Å². The van der Waals surface area contributed by atoms with Gasteiger partial charge in [0.25, 0.3) is 0 Å². The first-order chi connectivity index (χ1) is 8.58. The predicted octanol–water partition coefficient (Wildman–Crippen LogP) is 4.67. The third-order valence-corrected chi connectivity index (χ3v) is 4.30. The van der Waals surface area contributed by atoms with Crippen LogP contribution in [0.5, 0.6) is 0 Å². The Morgan fingerprint density at radius 1 is 1.33 bits per heavy atom. The van der Waals surface area contributed by atoms with E-state index in [1.807, 2.05) is 0 Å². The van der Waals surface area contributed by atoms with E-state index in [1.54, 1.807) is 12.1 Å². The summed E-state index contributed by atoms with van der Waals surface area (Å²) < 4.78 is 14.2. The molecule has 0 saturated heterocycles. The van der Waals surface area contributed by atoms with Gasteiger partial charge in [0, 0.05) is 10.5 Å². The number of halogens is 2. The molecule has 0 fully saturated rings. The predicted molar refractivity (Wildman–Crippen MR) is 79.1 cm³/mol. The molecule has 0 heterocycles. The zero-order valence-electron chi connectivity index (χ0n) is 11.3. The molecule has 0 spiro atoms. The van der Waals surface area contributed by atoms with E-state index in [9.17, 15) is 4.39 Å². The van der Waals surface area contributed by atoms with Gasteiger partial charge >= 0.3 is 0 Å². The van der Waals surface area contributed by atoms with E-state index in [1.165, 1.54) is 25.3 Å². The third kappa shape index (κ3) is 4.69. The second kappa shape index (κ2) is 7.90. The summed E-state index contributed by atoms with van der Waals surface area (Å²) in [5.74, 6) is 0.335. The number of benzene rings is 1. The second-order valence-electron chi connectivity index (χ2n) is 4.91. The molecule has 0 saturated carbocycles. The summed E-state index contributed by atoms with van der Waals surface area (Å²) in [6.45, 7) is 4.38. The van der Waals surface area contributed by atoms with Crippen molar-refractivity contribution in [1.82, 2.24) is 0 Å². The Kier molecular flexibility index (Phi) is 6.87. The van der Waals surface area contributed by atoms with Gasteiger partial charge < -0.3 is 5.73 Å². The molecular weight excluding hydrogens is 293 g/mol. The minimum absolute atomic E-state index is 0.111. The smallest absolute Gasteiger partial charge is 0.123 e. The van der Waals surface area contributed by atoms with Crippen LogP contribution in [0.2, 0.25) is 0 Å². The Bertz CT molecular complexity index is 368. The Morgan fingerprint density at radius 3 is 2.67 bits per heavy atom. The molecule has 1 rings (SSSR count). The molecule has 0 aliphatic heterocycles. The van der Waals surface area contributed by atoms with Crippen molar-refractivity contribution in [3.63, 3.8) is 0 Å². The highest BCUT2D eigenvalue weighted by molar-refractivity contribution is 9.10. The number of nitrogens with two attached hydrogens (primary N) is 1. The summed E-state index contributed by atoms with van der Waals surface area (Å²) in [7, 11) is 0. The van der Waals surface area contributed by atoms with Gasteiger partial charge in [-0.2, -0.15) is 0 Å². The van der Waals surface area contributed by atoms with Crippen molar-refractivity contribution < 1.29 is 4.39 Å². The minimum atomic E-state index is -0.193. The van der Waals surface area contributed by atoms with E-state index in [-0.39, 0.29) is 11.9 Å². The quantitative estimate of drug-likeness (QED) is 0.777. The van der Waals surface area contributed by atoms with Gasteiger partial charge in [-0.05, 0) is 42.5 Å². The number of unbranched alkanes of at least 4 members (excludes halogenated alkanes) is 1. The molecule has 1 aromatic rings. The first kappa shape index (κ1) is 15.6. The molecule has 3 heteroatoms. The van der Waals surface area contributed by atoms with E-state index >= 15 is 0 Å². The molecule has 0 amide bonds. The van der Waals surface area contributed by atoms with E-state index in [2.05, 4.69) is 29.8 Å². The van der Waals surface area contributed by atoms with Gasteiger partial charge in [-0.3, -0.25) is 0 Å². The monoisotopic (exact) mass is 315 g/mol. The first-order valence-electron chi connectivity index (χ1n) is 6.78. The Balaban J connectivity index is 2.66. The molecule has 0 radical (unpaired) electrons. The highest BCUT2D eigenvalue weighted by Crippen LogP contribution is 2.23. The van der Waals surface area contributed by atoms with Gasteiger partial charge in [-0.25, -0.2) is 4.39 Å². The van der Waals surface area contributed by atoms with Crippen LogP contribution in [0.25, 0.3) is 0 Å². The third-order valence-electron chi connectivity index (χ3n) is 3.52. The average Bonchev–Trinajstić information content (AvgIpc) is 2.35. The van der Waals surface area contributed by atoms with Crippen molar-refractivity contribution in [2.45, 2.75) is 52.0 Å². The number of rotatable bonds is 7. The van der Waals surface area contributed by atoms with Crippen LogP contribution >= 0.6 is 15.9 Å². The van der Waals surface area contributed by atoms with Crippen LogP contribution in [-0.2, 0) is 6.42 Å². The molecule has 0 bridgehead atoms. The lowest BCUT2D eigenvalue weighted by Gasteiger charge is -2.23. The van der Waals surface area contributed by atoms with Crippen LogP contribution < -0.4 is 5.73 Å². The molecule has 102 valence electrons. The van der Waals surface area contributed by atoms with E-state index in [0.29, 0.717) is 5.92 Å². The van der Waals surface area contributed by atoms with Gasteiger partial charge in [-0.1, -0.05) is 49.0 Å². The number of hydrogen-bond donors (Lipinski definition) is 1. The molecule has 0 aromatic heterocycles. The Hall–Kier alpha value is -0.410. The van der Waals surface area contributed by atoms with Gasteiger partial charge in [0.15, 0.2) is 0 Å². The molecule has 1 nitrogen and oxygen atoms in total.